The molecule has 2 aliphatic heterocycles. The Morgan fingerprint density at radius 1 is 1.07 bits per heavy atom. The number of methoxy groups -OCH3 is 1. The van der Waals surface area contributed by atoms with Crippen LogP contribution in [0.15, 0.2) is 42.5 Å². The number of aryl methyl sites for hydroxylation is 2. The van der Waals surface area contributed by atoms with E-state index in [-0.39, 0.29) is 25.3 Å². The molecule has 4 amide bonds. The third-order valence-corrected chi connectivity index (χ3v) is 13.9. The van der Waals surface area contributed by atoms with Crippen molar-refractivity contribution < 1.29 is 41.8 Å². The molecule has 0 bridgehead atoms. The van der Waals surface area contributed by atoms with E-state index in [4.69, 9.17) is 19.2 Å². The summed E-state index contributed by atoms with van der Waals surface area (Å²) < 4.78 is 46.0. The maximum atomic E-state index is 14.7. The van der Waals surface area contributed by atoms with Crippen LogP contribution in [0.25, 0.3) is 10.9 Å². The van der Waals surface area contributed by atoms with Crippen molar-refractivity contribution in [3.05, 3.63) is 57.8 Å². The number of rotatable bonds is 10. The number of nitrogens with one attached hydrogen (secondary N) is 3. The summed E-state index contributed by atoms with van der Waals surface area (Å²) in [5, 5.41) is 5.92. The zero-order valence-electron chi connectivity index (χ0n) is 32.1. The Morgan fingerprint density at radius 3 is 2.59 bits per heavy atom. The molecule has 0 spiro atoms. The van der Waals surface area contributed by atoms with Gasteiger partial charge in [0.05, 0.1) is 35.9 Å². The Bertz CT molecular complexity index is 2170. The number of carbonyl (C=O) groups is 4. The van der Waals surface area contributed by atoms with Crippen molar-refractivity contribution in [3.8, 4) is 17.4 Å². The second-order valence-corrected chi connectivity index (χ2v) is 18.4. The van der Waals surface area contributed by atoms with Gasteiger partial charge in [-0.3, -0.25) is 23.9 Å². The zero-order valence-corrected chi connectivity index (χ0v) is 33.7. The number of allylic oxidation sites excluding steroid dienone is 1. The van der Waals surface area contributed by atoms with Crippen molar-refractivity contribution in [3.63, 3.8) is 0 Å². The van der Waals surface area contributed by atoms with Crippen LogP contribution >= 0.6 is 11.3 Å². The van der Waals surface area contributed by atoms with Gasteiger partial charge in [-0.1, -0.05) is 25.0 Å². The van der Waals surface area contributed by atoms with Crippen molar-refractivity contribution in [2.24, 2.45) is 5.92 Å². The van der Waals surface area contributed by atoms with Crippen molar-refractivity contribution in [1.82, 2.24) is 25.2 Å². The highest BCUT2D eigenvalue weighted by Gasteiger charge is 2.62. The zero-order chi connectivity index (χ0) is 39.8. The van der Waals surface area contributed by atoms with E-state index in [2.05, 4.69) is 15.4 Å². The first kappa shape index (κ1) is 39.5. The van der Waals surface area contributed by atoms with Gasteiger partial charge in [0.1, 0.15) is 35.2 Å². The molecule has 3 aromatic rings. The minimum absolute atomic E-state index is 0.00289. The number of benzene rings is 1. The number of nitrogens with zero attached hydrogens (tertiary/aromatic N) is 2. The van der Waals surface area contributed by atoms with Crippen LogP contribution in [-0.2, 0) is 24.4 Å². The lowest BCUT2D eigenvalue weighted by molar-refractivity contribution is -0.141. The first-order valence-corrected chi connectivity index (χ1v) is 21.7. The number of aromatic nitrogens is 1. The lowest BCUT2D eigenvalue weighted by Crippen LogP contribution is -2.58. The number of sulfonamides is 1. The largest absolute Gasteiger partial charge is 0.496 e. The highest BCUT2D eigenvalue weighted by molar-refractivity contribution is 7.91. The molecular formula is C40H49N5O9S2. The highest BCUT2D eigenvalue weighted by atomic mass is 32.2. The van der Waals surface area contributed by atoms with Gasteiger partial charge in [-0.15, -0.1) is 11.3 Å². The maximum absolute atomic E-state index is 14.7. The van der Waals surface area contributed by atoms with Crippen molar-refractivity contribution >= 4 is 55.9 Å². The van der Waals surface area contributed by atoms with Crippen LogP contribution < -0.4 is 29.6 Å². The summed E-state index contributed by atoms with van der Waals surface area (Å²) in [4.78, 5) is 64.0. The number of carbonyl (C=O) groups excluding carboxylic acids is 4. The number of hydrogen-bond acceptors (Lipinski definition) is 11. The molecule has 2 aromatic heterocycles. The lowest BCUT2D eigenvalue weighted by Gasteiger charge is -2.29. The predicted molar refractivity (Wildman–Crippen MR) is 210 cm³/mol. The van der Waals surface area contributed by atoms with E-state index in [1.54, 1.807) is 19.2 Å². The Morgan fingerprint density at radius 2 is 1.88 bits per heavy atom. The van der Waals surface area contributed by atoms with Crippen LogP contribution in [0.1, 0.15) is 84.8 Å². The quantitative estimate of drug-likeness (QED) is 0.247. The van der Waals surface area contributed by atoms with E-state index in [1.807, 2.05) is 51.1 Å². The third-order valence-electron chi connectivity index (χ3n) is 11.0. The minimum Gasteiger partial charge on any atom is -0.496 e. The molecule has 2 saturated carbocycles. The molecule has 1 aromatic carbocycles. The van der Waals surface area contributed by atoms with Gasteiger partial charge in [-0.2, -0.15) is 0 Å². The second-order valence-electron chi connectivity index (χ2n) is 15.1. The van der Waals surface area contributed by atoms with Crippen molar-refractivity contribution in [1.29, 1.82) is 0 Å². The summed E-state index contributed by atoms with van der Waals surface area (Å²) in [7, 11) is -2.32. The number of thiophene rings is 1. The summed E-state index contributed by atoms with van der Waals surface area (Å²) in [6, 6.07) is 6.87. The van der Waals surface area contributed by atoms with Crippen LogP contribution in [0.2, 0.25) is 0 Å². The molecule has 0 unspecified atom stereocenters. The fraction of sp³-hybridized carbons (Fsp3) is 0.525. The molecule has 7 rings (SSSR count). The second kappa shape index (κ2) is 16.0. The number of ether oxygens (including phenoxy) is 3. The van der Waals surface area contributed by atoms with Crippen LogP contribution in [0, 0.1) is 19.8 Å². The van der Waals surface area contributed by atoms with E-state index in [1.165, 1.54) is 16.2 Å². The van der Waals surface area contributed by atoms with Crippen molar-refractivity contribution in [2.75, 3.05) is 20.3 Å². The summed E-state index contributed by atoms with van der Waals surface area (Å²) in [5.74, 6) is -1.22. The summed E-state index contributed by atoms with van der Waals surface area (Å²) in [6.07, 6.45) is 7.67. The number of amides is 4. The van der Waals surface area contributed by atoms with E-state index in [9.17, 15) is 27.6 Å². The fourth-order valence-electron chi connectivity index (χ4n) is 7.71. The van der Waals surface area contributed by atoms with E-state index in [0.717, 1.165) is 23.3 Å². The van der Waals surface area contributed by atoms with E-state index < -0.39 is 62.6 Å². The molecule has 1 saturated heterocycles. The Kier molecular flexibility index (Phi) is 11.3. The maximum Gasteiger partial charge on any atom is 0.262 e. The molecule has 56 heavy (non-hydrogen) atoms. The molecule has 300 valence electrons. The number of fused-ring (bicyclic) bond motifs is 3. The predicted octanol–water partition coefficient (Wildman–Crippen LogP) is 4.47. The van der Waals surface area contributed by atoms with Gasteiger partial charge >= 0.3 is 0 Å². The molecular weight excluding hydrogens is 759 g/mol. The molecule has 3 fully saturated rings. The Labute approximate surface area is 330 Å². The average molecular weight is 808 g/mol. The molecule has 0 radical (unpaired) electrons. The first-order chi connectivity index (χ1) is 26.8. The van der Waals surface area contributed by atoms with Gasteiger partial charge < -0.3 is 29.7 Å². The normalized spacial score (nSPS) is 26.2. The van der Waals surface area contributed by atoms with Gasteiger partial charge in [-0.25, -0.2) is 13.4 Å². The summed E-state index contributed by atoms with van der Waals surface area (Å²) in [6.45, 7) is 6.00. The van der Waals surface area contributed by atoms with Gasteiger partial charge in [0.2, 0.25) is 27.7 Å². The summed E-state index contributed by atoms with van der Waals surface area (Å²) in [5.41, 5.74) is -0.108. The van der Waals surface area contributed by atoms with Crippen LogP contribution in [-0.4, -0.2) is 91.2 Å². The Hall–Kier alpha value is -4.70. The SMILES string of the molecule is CCOc1cc(O[C@@H]2C[C@H]3C(=O)N[C@]4(C(=O)NS(=O)(=O)C5CC5)C[C@H]4/C=C\CCCCC[C@H](NC(=O)c4ccc(C)s4)C(=O)N3C2)c2ccc(OC)c(C)c2n1. The molecule has 14 nitrogen and oxygen atoms in total. The molecule has 5 atom stereocenters. The van der Waals surface area contributed by atoms with E-state index in [0.29, 0.717) is 71.9 Å². The van der Waals surface area contributed by atoms with Gasteiger partial charge in [0.15, 0.2) is 0 Å². The molecule has 16 heteroatoms. The highest BCUT2D eigenvalue weighted by Crippen LogP contribution is 2.46. The van der Waals surface area contributed by atoms with Crippen LogP contribution in [0.3, 0.4) is 0 Å². The number of pyridine rings is 1. The minimum atomic E-state index is -3.90. The monoisotopic (exact) mass is 807 g/mol. The summed E-state index contributed by atoms with van der Waals surface area (Å²) >= 11 is 1.33. The Balaban J connectivity index is 1.22. The third kappa shape index (κ3) is 8.22. The molecule has 4 heterocycles. The van der Waals surface area contributed by atoms with Crippen LogP contribution in [0.4, 0.5) is 0 Å². The fourth-order valence-corrected chi connectivity index (χ4v) is 9.84. The molecule has 3 N–H and O–H groups in total. The average Bonchev–Trinajstić information content (AvgIpc) is 4.05. The topological polar surface area (TPSA) is 182 Å². The first-order valence-electron chi connectivity index (χ1n) is 19.3. The van der Waals surface area contributed by atoms with Gasteiger partial charge in [-0.05, 0) is 83.6 Å². The smallest absolute Gasteiger partial charge is 0.262 e. The standard InChI is InChI=1S/C40H49N5O9S2/c1-5-53-34-20-32(28-16-17-31(52-4)24(3)35(28)42-34)54-26-19-30-36(46)43-40(39(49)44-56(50,51)27-14-15-27)21-25(40)11-9-7-6-8-10-12-29(38(48)45(30)22-26)41-37(47)33-18-13-23(2)55-33/h9,11,13,16-18,20,25-27,29-30H,5-8,10,12,14-15,19,21-22H2,1-4H3,(H,41,47)(H,43,46)(H,44,49)/b11-9-/t25-,26-,29+,30+,40-/m1/s1. The van der Waals surface area contributed by atoms with Crippen molar-refractivity contribution in [2.45, 2.75) is 108 Å². The van der Waals surface area contributed by atoms with Gasteiger partial charge in [0.25, 0.3) is 11.8 Å². The van der Waals surface area contributed by atoms with Gasteiger partial charge in [0, 0.05) is 34.2 Å². The lowest BCUT2D eigenvalue weighted by atomic mass is 10.0. The molecule has 4 aliphatic rings. The number of hydrogen-bond donors (Lipinski definition) is 3. The van der Waals surface area contributed by atoms with Crippen LogP contribution in [0.5, 0.6) is 17.4 Å². The van der Waals surface area contributed by atoms with E-state index >= 15 is 0 Å². The molecule has 2 aliphatic carbocycles.